The van der Waals surface area contributed by atoms with Gasteiger partial charge in [-0.15, -0.1) is 0 Å². The number of aliphatic hydroxyl groups excluding tert-OH is 1. The zero-order valence-corrected chi connectivity index (χ0v) is 28.6. The van der Waals surface area contributed by atoms with Crippen molar-refractivity contribution < 1.29 is 33.4 Å². The van der Waals surface area contributed by atoms with E-state index < -0.39 is 17.9 Å². The summed E-state index contributed by atoms with van der Waals surface area (Å²) in [6.45, 7) is 7.41. The third kappa shape index (κ3) is 12.1. The summed E-state index contributed by atoms with van der Waals surface area (Å²) in [5.74, 6) is -0.546. The molecule has 0 saturated carbocycles. The van der Waals surface area contributed by atoms with E-state index in [2.05, 4.69) is 15.5 Å². The number of aliphatic hydroxyl groups is 1. The summed E-state index contributed by atoms with van der Waals surface area (Å²) in [6, 6.07) is 9.17. The van der Waals surface area contributed by atoms with E-state index in [1.165, 1.54) is 24.3 Å². The Morgan fingerprint density at radius 1 is 1.06 bits per heavy atom. The van der Waals surface area contributed by atoms with Crippen LogP contribution in [0.3, 0.4) is 0 Å². The molecule has 47 heavy (non-hydrogen) atoms. The molecule has 11 nitrogen and oxygen atoms in total. The molecule has 4 atom stereocenters. The number of hydrogen-bond donors (Lipinski definition) is 3. The predicted molar refractivity (Wildman–Crippen MR) is 181 cm³/mol. The van der Waals surface area contributed by atoms with Crippen LogP contribution >= 0.6 is 0 Å². The Morgan fingerprint density at radius 2 is 1.74 bits per heavy atom. The van der Waals surface area contributed by atoms with Crippen molar-refractivity contribution in [2.24, 2.45) is 5.92 Å². The van der Waals surface area contributed by atoms with Gasteiger partial charge in [-0.2, -0.15) is 0 Å². The Hall–Kier alpha value is -3.74. The maximum Gasteiger partial charge on any atom is 0.323 e. The molecule has 12 heteroatoms. The lowest BCUT2D eigenvalue weighted by molar-refractivity contribution is -0.132. The van der Waals surface area contributed by atoms with Crippen LogP contribution in [0.25, 0.3) is 0 Å². The van der Waals surface area contributed by atoms with Crippen LogP contribution in [0.1, 0.15) is 63.2 Å². The Bertz CT molecular complexity index is 1310. The number of nitrogens with one attached hydrogen (secondary N) is 2. The van der Waals surface area contributed by atoms with Crippen molar-refractivity contribution in [1.82, 2.24) is 14.7 Å². The van der Waals surface area contributed by atoms with Crippen LogP contribution in [-0.4, -0.2) is 110 Å². The first-order valence-corrected chi connectivity index (χ1v) is 16.4. The molecule has 4 amide bonds. The number of ether oxygens (including phenoxy) is 2. The zero-order chi connectivity index (χ0) is 34.5. The van der Waals surface area contributed by atoms with Crippen molar-refractivity contribution in [2.45, 2.75) is 71.1 Å². The molecule has 0 unspecified atom stereocenters. The lowest BCUT2D eigenvalue weighted by atomic mass is 10.0. The number of rotatable bonds is 10. The van der Waals surface area contributed by atoms with Crippen molar-refractivity contribution in [3.8, 4) is 5.75 Å². The van der Waals surface area contributed by atoms with Gasteiger partial charge in [-0.1, -0.05) is 6.92 Å². The number of benzene rings is 2. The number of urea groups is 1. The summed E-state index contributed by atoms with van der Waals surface area (Å²) in [7, 11) is 5.75. The van der Waals surface area contributed by atoms with E-state index in [1.54, 1.807) is 42.0 Å². The Morgan fingerprint density at radius 3 is 2.43 bits per heavy atom. The van der Waals surface area contributed by atoms with Crippen LogP contribution in [0.5, 0.6) is 5.75 Å². The molecular weight excluding hydrogens is 605 g/mol. The topological polar surface area (TPSA) is 124 Å². The van der Waals surface area contributed by atoms with Gasteiger partial charge in [0.25, 0.3) is 5.91 Å². The molecule has 0 fully saturated rings. The van der Waals surface area contributed by atoms with Gasteiger partial charge in [-0.25, -0.2) is 9.18 Å². The van der Waals surface area contributed by atoms with E-state index in [1.807, 2.05) is 27.9 Å². The highest BCUT2D eigenvalue weighted by molar-refractivity contribution is 6.02. The largest absolute Gasteiger partial charge is 0.490 e. The number of halogens is 1. The number of likely N-dealkylation sites (N-methyl/N-ethyl adjacent to an activating group) is 1. The lowest BCUT2D eigenvalue weighted by Gasteiger charge is -2.36. The molecule has 2 aromatic rings. The van der Waals surface area contributed by atoms with Gasteiger partial charge in [-0.3, -0.25) is 9.59 Å². The molecule has 3 N–H and O–H groups in total. The number of amides is 4. The molecule has 0 aliphatic carbocycles. The Kier molecular flexibility index (Phi) is 14.9. The minimum atomic E-state index is -0.561. The zero-order valence-electron chi connectivity index (χ0n) is 28.6. The number of carbonyl (C=O) groups is 3. The summed E-state index contributed by atoms with van der Waals surface area (Å²) in [5, 5.41) is 15.6. The number of anilines is 2. The van der Waals surface area contributed by atoms with Gasteiger partial charge in [0.05, 0.1) is 30.4 Å². The summed E-state index contributed by atoms with van der Waals surface area (Å²) in [5.41, 5.74) is 1.01. The van der Waals surface area contributed by atoms with Crippen LogP contribution in [-0.2, 0) is 9.53 Å². The molecule has 0 saturated heterocycles. The summed E-state index contributed by atoms with van der Waals surface area (Å²) in [6.07, 6.45) is 3.06. The molecular formula is C35H52FN5O6. The standard InChI is InChI=1S/C35H52FN5O6/c1-24-21-41(25(2)23-42)34(44)30-20-29(38-35(45)37-28-14-12-27(36)13-15-28)16-17-31(30)47-26(3)10-7-8-19-46-32(24)22-40(6)33(43)11-9-18-39(4)5/h12-17,20,24-26,32,42H,7-11,18-19,21-23H2,1-6H3,(H2,37,38,45)/t24-,25+,26-,32-/m0/s1. The first-order chi connectivity index (χ1) is 22.4. The Labute approximate surface area is 278 Å². The van der Waals surface area contributed by atoms with Gasteiger partial charge in [-0.05, 0) is 103 Å². The summed E-state index contributed by atoms with van der Waals surface area (Å²) in [4.78, 5) is 45.3. The van der Waals surface area contributed by atoms with Crippen LogP contribution in [0, 0.1) is 11.7 Å². The number of hydrogen-bond acceptors (Lipinski definition) is 7. The van der Waals surface area contributed by atoms with E-state index >= 15 is 0 Å². The van der Waals surface area contributed by atoms with E-state index in [9.17, 15) is 23.9 Å². The minimum absolute atomic E-state index is 0.0436. The molecule has 0 bridgehead atoms. The van der Waals surface area contributed by atoms with Gasteiger partial charge < -0.3 is 39.9 Å². The fourth-order valence-electron chi connectivity index (χ4n) is 5.40. The third-order valence-corrected chi connectivity index (χ3v) is 8.29. The fourth-order valence-corrected chi connectivity index (χ4v) is 5.40. The molecule has 2 aromatic carbocycles. The van der Waals surface area contributed by atoms with E-state index in [4.69, 9.17) is 9.47 Å². The van der Waals surface area contributed by atoms with Crippen LogP contribution in [0.4, 0.5) is 20.6 Å². The van der Waals surface area contributed by atoms with Crippen molar-refractivity contribution in [3.05, 3.63) is 53.8 Å². The molecule has 3 rings (SSSR count). The van der Waals surface area contributed by atoms with Crippen LogP contribution < -0.4 is 15.4 Å². The van der Waals surface area contributed by atoms with E-state index in [-0.39, 0.29) is 48.7 Å². The van der Waals surface area contributed by atoms with Gasteiger partial charge in [0, 0.05) is 50.5 Å². The smallest absolute Gasteiger partial charge is 0.323 e. The average Bonchev–Trinajstić information content (AvgIpc) is 3.03. The Balaban J connectivity index is 1.87. The lowest BCUT2D eigenvalue weighted by Crippen LogP contribution is -2.48. The third-order valence-electron chi connectivity index (χ3n) is 8.29. The molecule has 1 aliphatic rings. The maximum absolute atomic E-state index is 14.3. The molecule has 0 aromatic heterocycles. The first-order valence-electron chi connectivity index (χ1n) is 16.4. The summed E-state index contributed by atoms with van der Waals surface area (Å²) >= 11 is 0. The van der Waals surface area contributed by atoms with Crippen molar-refractivity contribution in [1.29, 1.82) is 0 Å². The van der Waals surface area contributed by atoms with E-state index in [0.29, 0.717) is 36.7 Å². The molecule has 0 radical (unpaired) electrons. The van der Waals surface area contributed by atoms with Crippen molar-refractivity contribution in [2.75, 3.05) is 64.6 Å². The highest BCUT2D eigenvalue weighted by Gasteiger charge is 2.31. The monoisotopic (exact) mass is 657 g/mol. The first kappa shape index (κ1) is 37.7. The minimum Gasteiger partial charge on any atom is -0.490 e. The van der Waals surface area contributed by atoms with Crippen LogP contribution in [0.15, 0.2) is 42.5 Å². The second-order valence-electron chi connectivity index (χ2n) is 12.8. The SMILES string of the molecule is C[C@H](CO)N1C[C@H](C)[C@H](CN(C)C(=O)CCCN(C)C)OCCCC[C@H](C)Oc2ccc(NC(=O)Nc3ccc(F)cc3)cc2C1=O. The number of carbonyl (C=O) groups excluding carboxylic acids is 3. The van der Waals surface area contributed by atoms with Crippen molar-refractivity contribution in [3.63, 3.8) is 0 Å². The number of nitrogens with zero attached hydrogens (tertiary/aromatic N) is 3. The fraction of sp³-hybridized carbons (Fsp3) is 0.571. The van der Waals surface area contributed by atoms with Gasteiger partial charge in [0.2, 0.25) is 5.91 Å². The molecule has 0 spiro atoms. The molecule has 1 heterocycles. The molecule has 1 aliphatic heterocycles. The average molecular weight is 658 g/mol. The normalized spacial score (nSPS) is 20.1. The van der Waals surface area contributed by atoms with Gasteiger partial charge in [0.1, 0.15) is 11.6 Å². The summed E-state index contributed by atoms with van der Waals surface area (Å²) < 4.78 is 25.9. The number of fused-ring (bicyclic) bond motifs is 1. The maximum atomic E-state index is 14.3. The van der Waals surface area contributed by atoms with Gasteiger partial charge >= 0.3 is 6.03 Å². The van der Waals surface area contributed by atoms with Crippen molar-refractivity contribution >= 4 is 29.2 Å². The highest BCUT2D eigenvalue weighted by atomic mass is 19.1. The predicted octanol–water partition coefficient (Wildman–Crippen LogP) is 5.07. The second kappa shape index (κ2) is 18.6. The molecule has 260 valence electrons. The van der Waals surface area contributed by atoms with Crippen LogP contribution in [0.2, 0.25) is 0 Å². The highest BCUT2D eigenvalue weighted by Crippen LogP contribution is 2.29. The van der Waals surface area contributed by atoms with Gasteiger partial charge in [0.15, 0.2) is 0 Å². The van der Waals surface area contributed by atoms with E-state index in [0.717, 1.165) is 32.2 Å². The quantitative estimate of drug-likeness (QED) is 0.326. The second-order valence-corrected chi connectivity index (χ2v) is 12.8.